The summed E-state index contributed by atoms with van der Waals surface area (Å²) in [6, 6.07) is 0. The highest BCUT2D eigenvalue weighted by atomic mass is 16.5. The van der Waals surface area contributed by atoms with Crippen LogP contribution in [-0.4, -0.2) is 62.9 Å². The molecule has 0 spiro atoms. The normalized spacial score (nSPS) is 31.9. The molecule has 1 amide bonds. The van der Waals surface area contributed by atoms with Crippen LogP contribution in [0, 0.1) is 0 Å². The molecule has 2 rings (SSSR count). The molecular weight excluding hydrogens is 196 g/mol. The van der Waals surface area contributed by atoms with E-state index in [1.54, 1.807) is 7.11 Å². The van der Waals surface area contributed by atoms with Crippen molar-refractivity contribution in [1.29, 1.82) is 0 Å². The van der Waals surface area contributed by atoms with Crippen LogP contribution in [0.4, 0.5) is 0 Å². The zero-order valence-corrected chi connectivity index (χ0v) is 9.07. The average molecular weight is 214 g/mol. The van der Waals surface area contributed by atoms with Crippen LogP contribution >= 0.6 is 0 Å². The van der Waals surface area contributed by atoms with Gasteiger partial charge in [0.25, 0.3) is 5.91 Å². The minimum absolute atomic E-state index is 0.0988. The summed E-state index contributed by atoms with van der Waals surface area (Å²) in [6.45, 7) is 3.59. The molecule has 5 nitrogen and oxygen atoms in total. The fourth-order valence-corrected chi connectivity index (χ4v) is 2.05. The Kier molecular flexibility index (Phi) is 3.56. The van der Waals surface area contributed by atoms with Crippen LogP contribution in [-0.2, 0) is 14.3 Å². The first-order valence-electron chi connectivity index (χ1n) is 5.45. The maximum absolute atomic E-state index is 12.0. The van der Waals surface area contributed by atoms with Crippen molar-refractivity contribution in [2.45, 2.75) is 18.6 Å². The van der Waals surface area contributed by atoms with E-state index in [1.807, 2.05) is 4.90 Å². The van der Waals surface area contributed by atoms with Crippen LogP contribution in [0.5, 0.6) is 0 Å². The predicted octanol–water partition coefficient (Wildman–Crippen LogP) is -0.778. The molecule has 5 heteroatoms. The third-order valence-corrected chi connectivity index (χ3v) is 2.99. The van der Waals surface area contributed by atoms with Gasteiger partial charge in [0, 0.05) is 33.3 Å². The number of carbonyl (C=O) groups is 1. The minimum atomic E-state index is -0.297. The Hall–Kier alpha value is -0.650. The Bertz CT molecular complexity index is 229. The molecule has 15 heavy (non-hydrogen) atoms. The lowest BCUT2D eigenvalue weighted by Crippen LogP contribution is -2.49. The Morgan fingerprint density at radius 1 is 1.60 bits per heavy atom. The quantitative estimate of drug-likeness (QED) is 0.655. The summed E-state index contributed by atoms with van der Waals surface area (Å²) in [5.74, 6) is 0.0988. The van der Waals surface area contributed by atoms with Gasteiger partial charge in [-0.3, -0.25) is 4.79 Å². The monoisotopic (exact) mass is 214 g/mol. The molecule has 1 unspecified atom stereocenters. The smallest absolute Gasteiger partial charge is 0.253 e. The topological polar surface area (TPSA) is 50.8 Å². The lowest BCUT2D eigenvalue weighted by molar-refractivity contribution is -0.144. The molecule has 0 bridgehead atoms. The van der Waals surface area contributed by atoms with Gasteiger partial charge in [-0.25, -0.2) is 0 Å². The molecule has 0 aromatic heterocycles. The molecule has 2 aliphatic rings. The Labute approximate surface area is 89.7 Å². The summed E-state index contributed by atoms with van der Waals surface area (Å²) in [5, 5.41) is 3.16. The van der Waals surface area contributed by atoms with Crippen molar-refractivity contribution in [1.82, 2.24) is 10.2 Å². The van der Waals surface area contributed by atoms with Crippen molar-refractivity contribution >= 4 is 5.91 Å². The standard InChI is InChI=1S/C10H18N2O3/c1-14-8-2-4-12(7-8)10(13)9-6-11-3-5-15-9/h8-9,11H,2-7H2,1H3/t8-,9?/m1/s1. The van der Waals surface area contributed by atoms with Crippen molar-refractivity contribution in [2.75, 3.05) is 39.9 Å². The number of ether oxygens (including phenoxy) is 2. The highest BCUT2D eigenvalue weighted by Crippen LogP contribution is 2.14. The van der Waals surface area contributed by atoms with E-state index in [0.29, 0.717) is 19.7 Å². The second kappa shape index (κ2) is 4.92. The molecule has 0 saturated carbocycles. The zero-order valence-electron chi connectivity index (χ0n) is 9.07. The second-order valence-corrected chi connectivity index (χ2v) is 3.99. The SMILES string of the molecule is CO[C@@H]1CCN(C(=O)C2CNCCO2)C1. The summed E-state index contributed by atoms with van der Waals surface area (Å²) >= 11 is 0. The molecule has 0 radical (unpaired) electrons. The van der Waals surface area contributed by atoms with Gasteiger partial charge in [-0.05, 0) is 6.42 Å². The van der Waals surface area contributed by atoms with Gasteiger partial charge in [-0.1, -0.05) is 0 Å². The average Bonchev–Trinajstić information content (AvgIpc) is 2.78. The van der Waals surface area contributed by atoms with Gasteiger partial charge >= 0.3 is 0 Å². The van der Waals surface area contributed by atoms with Gasteiger partial charge in [0.1, 0.15) is 6.10 Å². The van der Waals surface area contributed by atoms with Crippen LogP contribution in [0.15, 0.2) is 0 Å². The molecule has 86 valence electrons. The minimum Gasteiger partial charge on any atom is -0.380 e. The van der Waals surface area contributed by atoms with E-state index in [2.05, 4.69) is 5.32 Å². The Morgan fingerprint density at radius 2 is 2.47 bits per heavy atom. The molecular formula is C10H18N2O3. The van der Waals surface area contributed by atoms with Crippen LogP contribution in [0.1, 0.15) is 6.42 Å². The van der Waals surface area contributed by atoms with Crippen molar-refractivity contribution < 1.29 is 14.3 Å². The molecule has 0 aliphatic carbocycles. The van der Waals surface area contributed by atoms with E-state index in [9.17, 15) is 4.79 Å². The molecule has 2 fully saturated rings. The molecule has 0 aromatic carbocycles. The lowest BCUT2D eigenvalue weighted by atomic mass is 10.2. The van der Waals surface area contributed by atoms with E-state index in [1.165, 1.54) is 0 Å². The first-order valence-corrected chi connectivity index (χ1v) is 5.45. The van der Waals surface area contributed by atoms with Crippen molar-refractivity contribution in [2.24, 2.45) is 0 Å². The van der Waals surface area contributed by atoms with Gasteiger partial charge in [0.2, 0.25) is 0 Å². The number of morpholine rings is 1. The molecule has 2 aliphatic heterocycles. The summed E-state index contributed by atoms with van der Waals surface area (Å²) in [7, 11) is 1.69. The highest BCUT2D eigenvalue weighted by Gasteiger charge is 2.32. The van der Waals surface area contributed by atoms with Crippen LogP contribution in [0.25, 0.3) is 0 Å². The summed E-state index contributed by atoms with van der Waals surface area (Å²) in [6.07, 6.45) is 0.836. The second-order valence-electron chi connectivity index (χ2n) is 3.99. The molecule has 2 atom stereocenters. The lowest BCUT2D eigenvalue weighted by Gasteiger charge is -2.27. The van der Waals surface area contributed by atoms with Gasteiger partial charge in [0.05, 0.1) is 12.7 Å². The number of carbonyl (C=O) groups excluding carboxylic acids is 1. The van der Waals surface area contributed by atoms with E-state index in [4.69, 9.17) is 9.47 Å². The van der Waals surface area contributed by atoms with E-state index in [-0.39, 0.29) is 18.1 Å². The number of nitrogens with zero attached hydrogens (tertiary/aromatic N) is 1. The third-order valence-electron chi connectivity index (χ3n) is 2.99. The van der Waals surface area contributed by atoms with Gasteiger partial charge < -0.3 is 19.7 Å². The summed E-state index contributed by atoms with van der Waals surface area (Å²) in [4.78, 5) is 13.8. The fraction of sp³-hybridized carbons (Fsp3) is 0.900. The van der Waals surface area contributed by atoms with E-state index < -0.39 is 0 Å². The summed E-state index contributed by atoms with van der Waals surface area (Å²) in [5.41, 5.74) is 0. The molecule has 0 aromatic rings. The van der Waals surface area contributed by atoms with E-state index >= 15 is 0 Å². The molecule has 2 heterocycles. The zero-order chi connectivity index (χ0) is 10.7. The van der Waals surface area contributed by atoms with Gasteiger partial charge in [-0.15, -0.1) is 0 Å². The van der Waals surface area contributed by atoms with Crippen molar-refractivity contribution in [3.63, 3.8) is 0 Å². The third kappa shape index (κ3) is 2.48. The Morgan fingerprint density at radius 3 is 3.07 bits per heavy atom. The molecule has 1 N–H and O–H groups in total. The van der Waals surface area contributed by atoms with Crippen molar-refractivity contribution in [3.05, 3.63) is 0 Å². The number of rotatable bonds is 2. The van der Waals surface area contributed by atoms with Gasteiger partial charge in [-0.2, -0.15) is 0 Å². The van der Waals surface area contributed by atoms with Crippen LogP contribution in [0.3, 0.4) is 0 Å². The summed E-state index contributed by atoms with van der Waals surface area (Å²) < 4.78 is 10.7. The number of hydrogen-bond acceptors (Lipinski definition) is 4. The first-order chi connectivity index (χ1) is 7.31. The number of methoxy groups -OCH3 is 1. The fourth-order valence-electron chi connectivity index (χ4n) is 2.05. The number of nitrogens with one attached hydrogen (secondary N) is 1. The molecule has 2 saturated heterocycles. The van der Waals surface area contributed by atoms with Gasteiger partial charge in [0.15, 0.2) is 0 Å². The first kappa shape index (κ1) is 10.9. The van der Waals surface area contributed by atoms with Crippen LogP contribution in [0.2, 0.25) is 0 Å². The van der Waals surface area contributed by atoms with E-state index in [0.717, 1.165) is 19.5 Å². The maximum atomic E-state index is 12.0. The van der Waals surface area contributed by atoms with Crippen LogP contribution < -0.4 is 5.32 Å². The number of amides is 1. The van der Waals surface area contributed by atoms with Crippen molar-refractivity contribution in [3.8, 4) is 0 Å². The highest BCUT2D eigenvalue weighted by molar-refractivity contribution is 5.81. The Balaban J connectivity index is 1.85. The largest absolute Gasteiger partial charge is 0.380 e. The maximum Gasteiger partial charge on any atom is 0.253 e. The number of likely N-dealkylation sites (tertiary alicyclic amines) is 1. The predicted molar refractivity (Wildman–Crippen MR) is 54.6 cm³/mol. The number of hydrogen-bond donors (Lipinski definition) is 1.